The predicted octanol–water partition coefficient (Wildman–Crippen LogP) is 4.49. The first kappa shape index (κ1) is 19.4. The molecule has 1 N–H and O–H groups in total. The Morgan fingerprint density at radius 3 is 2.38 bits per heavy atom. The Hall–Kier alpha value is -1.33. The van der Waals surface area contributed by atoms with E-state index < -0.39 is 0 Å². The second kappa shape index (κ2) is 9.05. The summed E-state index contributed by atoms with van der Waals surface area (Å²) in [5, 5.41) is 5.61. The van der Waals surface area contributed by atoms with E-state index in [-0.39, 0.29) is 0 Å². The number of aryl methyl sites for hydroxylation is 1. The van der Waals surface area contributed by atoms with Gasteiger partial charge in [-0.15, -0.1) is 0 Å². The van der Waals surface area contributed by atoms with Crippen molar-refractivity contribution in [1.82, 2.24) is 15.1 Å². The van der Waals surface area contributed by atoms with Crippen LogP contribution in [0.1, 0.15) is 16.7 Å². The quantitative estimate of drug-likeness (QED) is 0.751. The maximum atomic E-state index is 6.28. The Morgan fingerprint density at radius 2 is 1.73 bits per heavy atom. The average Bonchev–Trinajstić information content (AvgIpc) is 2.64. The van der Waals surface area contributed by atoms with Gasteiger partial charge in [-0.25, -0.2) is 0 Å². The minimum Gasteiger partial charge on any atom is -0.358 e. The van der Waals surface area contributed by atoms with Crippen molar-refractivity contribution < 1.29 is 0 Å². The van der Waals surface area contributed by atoms with E-state index in [9.17, 15) is 0 Å². The Kier molecular flexibility index (Phi) is 6.76. The summed E-state index contributed by atoms with van der Waals surface area (Å²) in [4.78, 5) is 4.64. The molecule has 0 radical (unpaired) electrons. The summed E-state index contributed by atoms with van der Waals surface area (Å²) in [6, 6.07) is 14.2. The van der Waals surface area contributed by atoms with Crippen molar-refractivity contribution >= 4 is 40.5 Å². The van der Waals surface area contributed by atoms with Crippen molar-refractivity contribution in [3.05, 3.63) is 69.2 Å². The Balaban J connectivity index is 1.45. The molecule has 0 spiro atoms. The third kappa shape index (κ3) is 5.34. The van der Waals surface area contributed by atoms with Gasteiger partial charge in [-0.1, -0.05) is 59.1 Å². The van der Waals surface area contributed by atoms with Crippen molar-refractivity contribution in [3.63, 3.8) is 0 Å². The summed E-state index contributed by atoms with van der Waals surface area (Å²) in [7, 11) is 0. The second-order valence-corrected chi connectivity index (χ2v) is 7.87. The highest BCUT2D eigenvalue weighted by molar-refractivity contribution is 7.80. The SMILES string of the molecule is Cc1ccc(CNC(=S)N2CCN(Cc3ccc(Cl)cc3Cl)CC2)cc1. The van der Waals surface area contributed by atoms with E-state index in [1.54, 1.807) is 6.07 Å². The molecule has 0 amide bonds. The molecular weight excluding hydrogens is 385 g/mol. The van der Waals surface area contributed by atoms with Crippen LogP contribution >= 0.6 is 35.4 Å². The molecule has 1 aliphatic rings. The molecule has 1 heterocycles. The molecule has 3 nitrogen and oxygen atoms in total. The molecular formula is C20H23Cl2N3S. The van der Waals surface area contributed by atoms with Crippen LogP contribution in [0.25, 0.3) is 0 Å². The van der Waals surface area contributed by atoms with Gasteiger partial charge < -0.3 is 10.2 Å². The Bertz CT molecular complexity index is 756. The van der Waals surface area contributed by atoms with Gasteiger partial charge in [0.15, 0.2) is 5.11 Å². The summed E-state index contributed by atoms with van der Waals surface area (Å²) in [5.74, 6) is 0. The first-order valence-corrected chi connectivity index (χ1v) is 9.92. The van der Waals surface area contributed by atoms with Gasteiger partial charge in [0.1, 0.15) is 0 Å². The van der Waals surface area contributed by atoms with Crippen LogP contribution in [-0.2, 0) is 13.1 Å². The Morgan fingerprint density at radius 1 is 1.04 bits per heavy atom. The van der Waals surface area contributed by atoms with Crippen LogP contribution in [0.3, 0.4) is 0 Å². The van der Waals surface area contributed by atoms with E-state index in [2.05, 4.69) is 46.3 Å². The van der Waals surface area contributed by atoms with Crippen LogP contribution in [0, 0.1) is 6.92 Å². The molecule has 0 bridgehead atoms. The summed E-state index contributed by atoms with van der Waals surface area (Å²) >= 11 is 17.8. The maximum absolute atomic E-state index is 6.28. The third-order valence-corrected chi connectivity index (χ3v) is 5.62. The fourth-order valence-corrected chi connectivity index (χ4v) is 3.72. The maximum Gasteiger partial charge on any atom is 0.169 e. The molecule has 0 aromatic heterocycles. The Labute approximate surface area is 170 Å². The zero-order valence-corrected chi connectivity index (χ0v) is 17.2. The van der Waals surface area contributed by atoms with Crippen LogP contribution in [0.4, 0.5) is 0 Å². The first-order valence-electron chi connectivity index (χ1n) is 8.76. The smallest absolute Gasteiger partial charge is 0.169 e. The number of halogens is 2. The fourth-order valence-electron chi connectivity index (χ4n) is 3.00. The highest BCUT2D eigenvalue weighted by Crippen LogP contribution is 2.22. The first-order chi connectivity index (χ1) is 12.5. The lowest BCUT2D eigenvalue weighted by molar-refractivity contribution is 0.174. The molecule has 2 aromatic rings. The molecule has 0 saturated carbocycles. The molecule has 6 heteroatoms. The number of hydrogen-bond acceptors (Lipinski definition) is 2. The zero-order valence-electron chi connectivity index (χ0n) is 14.8. The lowest BCUT2D eigenvalue weighted by Crippen LogP contribution is -2.51. The van der Waals surface area contributed by atoms with Crippen molar-refractivity contribution in [2.24, 2.45) is 0 Å². The molecule has 1 aliphatic heterocycles. The number of thiocarbonyl (C=S) groups is 1. The van der Waals surface area contributed by atoms with Gasteiger partial charge in [0.2, 0.25) is 0 Å². The number of nitrogens with zero attached hydrogens (tertiary/aromatic N) is 2. The molecule has 0 atom stereocenters. The van der Waals surface area contributed by atoms with E-state index in [0.717, 1.165) is 55.0 Å². The molecule has 1 saturated heterocycles. The lowest BCUT2D eigenvalue weighted by atomic mass is 10.1. The minimum atomic E-state index is 0.675. The van der Waals surface area contributed by atoms with Gasteiger partial charge in [-0.05, 0) is 42.4 Å². The molecule has 0 aliphatic carbocycles. The van der Waals surface area contributed by atoms with Gasteiger partial charge in [0, 0.05) is 49.3 Å². The summed E-state index contributed by atoms with van der Waals surface area (Å²) in [6.07, 6.45) is 0. The van der Waals surface area contributed by atoms with Crippen LogP contribution in [0.15, 0.2) is 42.5 Å². The van der Waals surface area contributed by atoms with E-state index in [1.165, 1.54) is 11.1 Å². The third-order valence-electron chi connectivity index (χ3n) is 4.63. The predicted molar refractivity (Wildman–Crippen MR) is 114 cm³/mol. The topological polar surface area (TPSA) is 18.5 Å². The van der Waals surface area contributed by atoms with Crippen LogP contribution in [0.5, 0.6) is 0 Å². The summed E-state index contributed by atoms with van der Waals surface area (Å²) in [6.45, 7) is 7.47. The summed E-state index contributed by atoms with van der Waals surface area (Å²) in [5.41, 5.74) is 3.63. The van der Waals surface area contributed by atoms with Crippen molar-refractivity contribution in [3.8, 4) is 0 Å². The molecule has 26 heavy (non-hydrogen) atoms. The van der Waals surface area contributed by atoms with Crippen LogP contribution in [-0.4, -0.2) is 41.1 Å². The van der Waals surface area contributed by atoms with Gasteiger partial charge in [0.05, 0.1) is 0 Å². The highest BCUT2D eigenvalue weighted by atomic mass is 35.5. The van der Waals surface area contributed by atoms with Crippen LogP contribution in [0.2, 0.25) is 10.0 Å². The number of nitrogens with one attached hydrogen (secondary N) is 1. The minimum absolute atomic E-state index is 0.675. The molecule has 138 valence electrons. The summed E-state index contributed by atoms with van der Waals surface area (Å²) < 4.78 is 0. The van der Waals surface area contributed by atoms with Crippen molar-refractivity contribution in [1.29, 1.82) is 0 Å². The highest BCUT2D eigenvalue weighted by Gasteiger charge is 2.19. The van der Waals surface area contributed by atoms with E-state index in [0.29, 0.717) is 5.02 Å². The number of benzene rings is 2. The van der Waals surface area contributed by atoms with Gasteiger partial charge >= 0.3 is 0 Å². The van der Waals surface area contributed by atoms with Crippen molar-refractivity contribution in [2.75, 3.05) is 26.2 Å². The monoisotopic (exact) mass is 407 g/mol. The van der Waals surface area contributed by atoms with Gasteiger partial charge in [-0.3, -0.25) is 4.90 Å². The van der Waals surface area contributed by atoms with E-state index in [4.69, 9.17) is 35.4 Å². The largest absolute Gasteiger partial charge is 0.358 e. The zero-order chi connectivity index (χ0) is 18.5. The van der Waals surface area contributed by atoms with Crippen molar-refractivity contribution in [2.45, 2.75) is 20.0 Å². The van der Waals surface area contributed by atoms with Gasteiger partial charge in [0.25, 0.3) is 0 Å². The van der Waals surface area contributed by atoms with E-state index in [1.807, 2.05) is 12.1 Å². The fraction of sp³-hybridized carbons (Fsp3) is 0.350. The second-order valence-electron chi connectivity index (χ2n) is 6.64. The van der Waals surface area contributed by atoms with E-state index >= 15 is 0 Å². The normalized spacial score (nSPS) is 15.1. The standard InChI is InChI=1S/C20H23Cl2N3S/c1-15-2-4-16(5-3-15)13-23-20(26)25-10-8-24(9-11-25)14-17-6-7-18(21)12-19(17)22/h2-7,12H,8-11,13-14H2,1H3,(H,23,26). The van der Waals surface area contributed by atoms with Gasteiger partial charge in [-0.2, -0.15) is 0 Å². The number of hydrogen-bond donors (Lipinski definition) is 1. The molecule has 1 fully saturated rings. The number of piperazine rings is 1. The number of rotatable bonds is 4. The van der Waals surface area contributed by atoms with Crippen LogP contribution < -0.4 is 5.32 Å². The molecule has 2 aromatic carbocycles. The average molecular weight is 408 g/mol. The molecule has 0 unspecified atom stereocenters. The molecule has 3 rings (SSSR count). The lowest BCUT2D eigenvalue weighted by Gasteiger charge is -2.36.